The second-order valence-corrected chi connectivity index (χ2v) is 8.58. The molecule has 5 nitrogen and oxygen atoms in total. The van der Waals surface area contributed by atoms with Crippen molar-refractivity contribution < 1.29 is 19.1 Å². The van der Waals surface area contributed by atoms with Gasteiger partial charge in [0.1, 0.15) is 0 Å². The third kappa shape index (κ3) is 8.20. The van der Waals surface area contributed by atoms with Gasteiger partial charge in [-0.15, -0.1) is 0 Å². The van der Waals surface area contributed by atoms with E-state index < -0.39 is 0 Å². The second-order valence-electron chi connectivity index (χ2n) is 8.58. The minimum atomic E-state index is -0.361. The number of carbonyl (C=O) groups is 2. The van der Waals surface area contributed by atoms with Crippen LogP contribution in [0.5, 0.6) is 0 Å². The summed E-state index contributed by atoms with van der Waals surface area (Å²) in [4.78, 5) is 27.5. The van der Waals surface area contributed by atoms with Crippen molar-refractivity contribution in [3.8, 4) is 11.1 Å². The number of rotatable bonds is 11. The van der Waals surface area contributed by atoms with E-state index in [1.165, 1.54) is 0 Å². The Morgan fingerprint density at radius 3 is 1.56 bits per heavy atom. The number of benzene rings is 3. The summed E-state index contributed by atoms with van der Waals surface area (Å²) in [6.07, 6.45) is 3.15. The van der Waals surface area contributed by atoms with Crippen LogP contribution in [0.3, 0.4) is 0 Å². The number of hydrogen-bond acceptors (Lipinski definition) is 5. The summed E-state index contributed by atoms with van der Waals surface area (Å²) in [5.74, 6) is -0.717. The normalized spacial score (nSPS) is 10.7. The highest BCUT2D eigenvalue weighted by atomic mass is 16.5. The van der Waals surface area contributed by atoms with Gasteiger partial charge in [-0.05, 0) is 53.8 Å². The van der Waals surface area contributed by atoms with Crippen molar-refractivity contribution in [3.63, 3.8) is 0 Å². The summed E-state index contributed by atoms with van der Waals surface area (Å²) < 4.78 is 10.3. The Morgan fingerprint density at radius 2 is 1.11 bits per heavy atom. The molecule has 0 N–H and O–H groups in total. The van der Waals surface area contributed by atoms with E-state index in [4.69, 9.17) is 9.47 Å². The van der Waals surface area contributed by atoms with Gasteiger partial charge < -0.3 is 9.47 Å². The molecule has 0 heterocycles. The highest BCUT2D eigenvalue weighted by molar-refractivity contribution is 5.87. The molecule has 0 spiro atoms. The van der Waals surface area contributed by atoms with Crippen LogP contribution in [0.1, 0.15) is 30.5 Å². The van der Waals surface area contributed by atoms with Crippen LogP contribution in [0.15, 0.2) is 102 Å². The zero-order valence-electron chi connectivity index (χ0n) is 20.8. The molecular formula is C31H31NO4. The number of aliphatic imine (C=N–C) groups is 1. The molecule has 0 aliphatic rings. The van der Waals surface area contributed by atoms with E-state index in [-0.39, 0.29) is 11.9 Å². The largest absolute Gasteiger partial charge is 0.462 e. The van der Waals surface area contributed by atoms with Gasteiger partial charge in [0.05, 0.1) is 18.9 Å². The van der Waals surface area contributed by atoms with Gasteiger partial charge in [-0.2, -0.15) is 0 Å². The van der Waals surface area contributed by atoms with E-state index in [0.717, 1.165) is 33.5 Å². The summed E-state index contributed by atoms with van der Waals surface area (Å²) in [6.45, 7) is 11.1. The molecule has 3 rings (SSSR count). The fourth-order valence-corrected chi connectivity index (χ4v) is 3.29. The fraction of sp³-hybridized carbons (Fsp3) is 0.194. The van der Waals surface area contributed by atoms with Gasteiger partial charge in [-0.1, -0.05) is 73.8 Å². The van der Waals surface area contributed by atoms with Gasteiger partial charge in [-0.3, -0.25) is 4.99 Å². The average molecular weight is 482 g/mol. The van der Waals surface area contributed by atoms with Gasteiger partial charge in [0, 0.05) is 30.2 Å². The predicted molar refractivity (Wildman–Crippen MR) is 145 cm³/mol. The van der Waals surface area contributed by atoms with Crippen LogP contribution < -0.4 is 0 Å². The molecule has 184 valence electrons. The van der Waals surface area contributed by atoms with E-state index in [1.807, 2.05) is 66.9 Å². The molecule has 0 saturated heterocycles. The maximum atomic E-state index is 11.5. The highest BCUT2D eigenvalue weighted by Gasteiger charge is 2.04. The summed E-state index contributed by atoms with van der Waals surface area (Å²) in [5, 5.41) is 0. The van der Waals surface area contributed by atoms with Crippen molar-refractivity contribution in [2.24, 2.45) is 4.99 Å². The third-order valence-corrected chi connectivity index (χ3v) is 5.44. The zero-order valence-corrected chi connectivity index (χ0v) is 20.8. The molecule has 0 amide bonds. The molecule has 0 aromatic heterocycles. The maximum absolute atomic E-state index is 11.5. The zero-order chi connectivity index (χ0) is 25.9. The molecule has 0 aliphatic carbocycles. The van der Waals surface area contributed by atoms with Crippen molar-refractivity contribution in [2.45, 2.75) is 26.7 Å². The van der Waals surface area contributed by atoms with Crippen LogP contribution in [0.2, 0.25) is 0 Å². The van der Waals surface area contributed by atoms with E-state index in [0.29, 0.717) is 37.2 Å². The molecule has 3 aromatic carbocycles. The quantitative estimate of drug-likeness (QED) is 0.180. The highest BCUT2D eigenvalue weighted by Crippen LogP contribution is 2.23. The second kappa shape index (κ2) is 13.0. The van der Waals surface area contributed by atoms with Crippen molar-refractivity contribution in [1.29, 1.82) is 0 Å². The first kappa shape index (κ1) is 26.4. The summed E-state index contributed by atoms with van der Waals surface area (Å²) in [7, 11) is 0. The smallest absolute Gasteiger partial charge is 0.333 e. The van der Waals surface area contributed by atoms with E-state index in [1.54, 1.807) is 13.8 Å². The van der Waals surface area contributed by atoms with Crippen LogP contribution in [0.4, 0.5) is 5.69 Å². The van der Waals surface area contributed by atoms with E-state index in [9.17, 15) is 9.59 Å². The lowest BCUT2D eigenvalue weighted by Crippen LogP contribution is -2.07. The van der Waals surface area contributed by atoms with Crippen LogP contribution in [-0.4, -0.2) is 31.4 Å². The molecule has 0 aliphatic heterocycles. The average Bonchev–Trinajstić information content (AvgIpc) is 2.88. The molecule has 0 atom stereocenters. The standard InChI is InChI=1S/C31H31NO4/c1-22(2)30(33)35-19-17-24-5-7-26(8-6-24)21-32-29-15-13-28(14-16-29)27-11-9-25(10-12-27)18-20-36-31(34)23(3)4/h5-16,21H,1,3,17-20H2,2,4H3. The topological polar surface area (TPSA) is 65.0 Å². The molecule has 36 heavy (non-hydrogen) atoms. The van der Waals surface area contributed by atoms with Gasteiger partial charge >= 0.3 is 11.9 Å². The first-order valence-electron chi connectivity index (χ1n) is 11.8. The Morgan fingerprint density at radius 1 is 0.694 bits per heavy atom. The SMILES string of the molecule is C=C(C)C(=O)OCCc1ccc(C=Nc2ccc(-c3ccc(CCOC(=O)C(=C)C)cc3)cc2)cc1. The Bertz CT molecular complexity index is 1240. The molecule has 0 saturated carbocycles. The molecule has 0 unspecified atom stereocenters. The van der Waals surface area contributed by atoms with Crippen molar-refractivity contribution in [1.82, 2.24) is 0 Å². The Labute approximate surface area is 212 Å². The van der Waals surface area contributed by atoms with Crippen molar-refractivity contribution in [3.05, 3.63) is 114 Å². The van der Waals surface area contributed by atoms with Crippen LogP contribution >= 0.6 is 0 Å². The summed E-state index contributed by atoms with van der Waals surface area (Å²) in [5.41, 5.74) is 7.08. The number of esters is 2. The summed E-state index contributed by atoms with van der Waals surface area (Å²) >= 11 is 0. The number of nitrogens with zero attached hydrogens (tertiary/aromatic N) is 1. The molecule has 0 bridgehead atoms. The Kier molecular flexibility index (Phi) is 9.52. The minimum absolute atomic E-state index is 0.332. The van der Waals surface area contributed by atoms with Crippen molar-refractivity contribution >= 4 is 23.8 Å². The predicted octanol–water partition coefficient (Wildman–Crippen LogP) is 6.43. The van der Waals surface area contributed by atoms with Crippen LogP contribution in [0, 0.1) is 0 Å². The van der Waals surface area contributed by atoms with E-state index in [2.05, 4.69) is 30.3 Å². The van der Waals surface area contributed by atoms with Gasteiger partial charge in [0.2, 0.25) is 0 Å². The van der Waals surface area contributed by atoms with Gasteiger partial charge in [-0.25, -0.2) is 9.59 Å². The summed E-state index contributed by atoms with van der Waals surface area (Å²) in [6, 6.07) is 24.3. The van der Waals surface area contributed by atoms with Gasteiger partial charge in [0.15, 0.2) is 0 Å². The third-order valence-electron chi connectivity index (χ3n) is 5.44. The van der Waals surface area contributed by atoms with Crippen LogP contribution in [0.25, 0.3) is 11.1 Å². The number of carbonyl (C=O) groups excluding carboxylic acids is 2. The first-order valence-corrected chi connectivity index (χ1v) is 11.8. The maximum Gasteiger partial charge on any atom is 0.333 e. The monoisotopic (exact) mass is 481 g/mol. The molecule has 0 radical (unpaired) electrons. The molecule has 5 heteroatoms. The van der Waals surface area contributed by atoms with Crippen molar-refractivity contribution in [2.75, 3.05) is 13.2 Å². The molecule has 0 fully saturated rings. The number of ether oxygens (including phenoxy) is 2. The lowest BCUT2D eigenvalue weighted by Gasteiger charge is -2.06. The first-order chi connectivity index (χ1) is 17.3. The molecule has 3 aromatic rings. The lowest BCUT2D eigenvalue weighted by molar-refractivity contribution is -0.139. The Balaban J connectivity index is 1.50. The lowest BCUT2D eigenvalue weighted by atomic mass is 10.0. The van der Waals surface area contributed by atoms with E-state index >= 15 is 0 Å². The van der Waals surface area contributed by atoms with Crippen LogP contribution in [-0.2, 0) is 31.9 Å². The molecular weight excluding hydrogens is 450 g/mol. The number of hydrogen-bond donors (Lipinski definition) is 0. The minimum Gasteiger partial charge on any atom is -0.462 e. The Hall–Kier alpha value is -4.25. The fourth-order valence-electron chi connectivity index (χ4n) is 3.29. The van der Waals surface area contributed by atoms with Gasteiger partial charge in [0.25, 0.3) is 0 Å².